The van der Waals surface area contributed by atoms with Crippen molar-refractivity contribution in [2.24, 2.45) is 0 Å². The molecule has 0 aliphatic carbocycles. The van der Waals surface area contributed by atoms with E-state index in [1.165, 1.54) is 4.70 Å². The second-order valence-corrected chi connectivity index (χ2v) is 7.58. The predicted molar refractivity (Wildman–Crippen MR) is 108 cm³/mol. The van der Waals surface area contributed by atoms with E-state index in [9.17, 15) is 9.59 Å². The Morgan fingerprint density at radius 3 is 3.00 bits per heavy atom. The number of carbonyl (C=O) groups is 2. The van der Waals surface area contributed by atoms with Crippen molar-refractivity contribution in [1.82, 2.24) is 15.2 Å². The molecule has 1 aromatic carbocycles. The van der Waals surface area contributed by atoms with Gasteiger partial charge in [-0.1, -0.05) is 18.2 Å². The topological polar surface area (TPSA) is 62.3 Å². The lowest BCUT2D eigenvalue weighted by molar-refractivity contribution is -0.127. The van der Waals surface area contributed by atoms with E-state index in [0.717, 1.165) is 36.0 Å². The number of benzene rings is 1. The largest absolute Gasteiger partial charge is 0.352 e. The zero-order chi connectivity index (χ0) is 18.6. The number of likely N-dealkylation sites (tertiary alicyclic amines) is 1. The van der Waals surface area contributed by atoms with Crippen LogP contribution in [-0.2, 0) is 4.79 Å². The van der Waals surface area contributed by atoms with E-state index in [2.05, 4.69) is 27.8 Å². The Morgan fingerprint density at radius 2 is 2.15 bits per heavy atom. The van der Waals surface area contributed by atoms with Crippen LogP contribution in [0.25, 0.3) is 21.3 Å². The molecule has 0 bridgehead atoms. The first-order valence-electron chi connectivity index (χ1n) is 9.21. The number of aromatic nitrogens is 1. The number of fused-ring (bicyclic) bond motifs is 1. The third-order valence-electron chi connectivity index (χ3n) is 4.84. The van der Waals surface area contributed by atoms with E-state index in [0.29, 0.717) is 25.1 Å². The van der Waals surface area contributed by atoms with Crippen LogP contribution >= 0.6 is 11.3 Å². The molecule has 0 saturated carbocycles. The molecular formula is C21H21N3O2S. The highest BCUT2D eigenvalue weighted by atomic mass is 32.1. The summed E-state index contributed by atoms with van der Waals surface area (Å²) >= 11 is 1.68. The molecule has 3 aromatic rings. The normalized spacial score (nSPS) is 14.1. The van der Waals surface area contributed by atoms with Crippen molar-refractivity contribution >= 4 is 33.2 Å². The fraction of sp³-hybridized carbons (Fsp3) is 0.286. The van der Waals surface area contributed by atoms with Gasteiger partial charge in [0.2, 0.25) is 5.91 Å². The zero-order valence-electron chi connectivity index (χ0n) is 15.0. The summed E-state index contributed by atoms with van der Waals surface area (Å²) in [7, 11) is 0. The first kappa shape index (κ1) is 17.7. The number of hydrogen-bond donors (Lipinski definition) is 1. The second-order valence-electron chi connectivity index (χ2n) is 6.67. The Kier molecular flexibility index (Phi) is 5.16. The van der Waals surface area contributed by atoms with Crippen molar-refractivity contribution in [2.45, 2.75) is 19.3 Å². The average Bonchev–Trinajstić information content (AvgIpc) is 3.31. The van der Waals surface area contributed by atoms with Crippen LogP contribution in [-0.4, -0.2) is 41.3 Å². The zero-order valence-corrected chi connectivity index (χ0v) is 15.8. The van der Waals surface area contributed by atoms with Crippen molar-refractivity contribution in [3.8, 4) is 11.3 Å². The van der Waals surface area contributed by atoms with Gasteiger partial charge in [0.25, 0.3) is 5.91 Å². The van der Waals surface area contributed by atoms with Gasteiger partial charge in [-0.25, -0.2) is 0 Å². The molecule has 0 unspecified atom stereocenters. The van der Waals surface area contributed by atoms with E-state index in [1.54, 1.807) is 23.6 Å². The van der Waals surface area contributed by atoms with E-state index in [1.807, 2.05) is 23.1 Å². The maximum absolute atomic E-state index is 12.5. The second kappa shape index (κ2) is 7.88. The Balaban J connectivity index is 1.40. The Labute approximate surface area is 162 Å². The van der Waals surface area contributed by atoms with Crippen LogP contribution in [0.3, 0.4) is 0 Å². The minimum atomic E-state index is -0.106. The molecule has 138 valence electrons. The smallest absolute Gasteiger partial charge is 0.251 e. The van der Waals surface area contributed by atoms with E-state index in [-0.39, 0.29) is 11.8 Å². The van der Waals surface area contributed by atoms with Gasteiger partial charge in [-0.3, -0.25) is 14.6 Å². The highest BCUT2D eigenvalue weighted by Gasteiger charge is 2.19. The van der Waals surface area contributed by atoms with E-state index in [4.69, 9.17) is 0 Å². The van der Waals surface area contributed by atoms with Crippen molar-refractivity contribution in [3.05, 3.63) is 53.5 Å². The standard InChI is InChI=1S/C21H21N3O2S/c25-20-7-3-11-24(20)12-4-9-23-21(26)15-8-10-22-18(13-15)17-14-27-19-6-2-1-5-16(17)19/h1-2,5-6,8,10,13-14H,3-4,7,9,11-12H2,(H,23,26). The molecule has 27 heavy (non-hydrogen) atoms. The fourth-order valence-corrected chi connectivity index (χ4v) is 4.36. The molecule has 0 radical (unpaired) electrons. The summed E-state index contributed by atoms with van der Waals surface area (Å²) < 4.78 is 1.21. The van der Waals surface area contributed by atoms with Crippen molar-refractivity contribution in [3.63, 3.8) is 0 Å². The molecule has 1 N–H and O–H groups in total. The first-order chi connectivity index (χ1) is 13.2. The van der Waals surface area contributed by atoms with Crippen LogP contribution < -0.4 is 5.32 Å². The van der Waals surface area contributed by atoms with Crippen molar-refractivity contribution in [2.75, 3.05) is 19.6 Å². The molecule has 1 aliphatic heterocycles. The van der Waals surface area contributed by atoms with Crippen molar-refractivity contribution < 1.29 is 9.59 Å². The Bertz CT molecular complexity index is 982. The minimum Gasteiger partial charge on any atom is -0.352 e. The quantitative estimate of drug-likeness (QED) is 0.664. The number of nitrogens with one attached hydrogen (secondary N) is 1. The van der Waals surface area contributed by atoms with Gasteiger partial charge >= 0.3 is 0 Å². The molecule has 2 aromatic heterocycles. The van der Waals surface area contributed by atoms with Crippen LogP contribution in [0.1, 0.15) is 29.6 Å². The number of rotatable bonds is 6. The summed E-state index contributed by atoms with van der Waals surface area (Å²) in [5, 5.41) is 6.19. The summed E-state index contributed by atoms with van der Waals surface area (Å²) in [6.45, 7) is 2.11. The fourth-order valence-electron chi connectivity index (χ4n) is 3.41. The summed E-state index contributed by atoms with van der Waals surface area (Å²) in [4.78, 5) is 30.4. The number of amides is 2. The van der Waals surface area contributed by atoms with Crippen molar-refractivity contribution in [1.29, 1.82) is 0 Å². The van der Waals surface area contributed by atoms with Gasteiger partial charge in [-0.15, -0.1) is 11.3 Å². The molecule has 0 spiro atoms. The monoisotopic (exact) mass is 379 g/mol. The highest BCUT2D eigenvalue weighted by Crippen LogP contribution is 2.32. The van der Waals surface area contributed by atoms with E-state index < -0.39 is 0 Å². The molecule has 1 aliphatic rings. The average molecular weight is 379 g/mol. The summed E-state index contributed by atoms with van der Waals surface area (Å²) in [6.07, 6.45) is 4.05. The Hall–Kier alpha value is -2.73. The van der Waals surface area contributed by atoms with Gasteiger partial charge in [0, 0.05) is 58.8 Å². The van der Waals surface area contributed by atoms with Crippen LogP contribution in [0.4, 0.5) is 0 Å². The van der Waals surface area contributed by atoms with Gasteiger partial charge in [0.1, 0.15) is 0 Å². The predicted octanol–water partition coefficient (Wildman–Crippen LogP) is 3.71. The summed E-state index contributed by atoms with van der Waals surface area (Å²) in [5.74, 6) is 0.119. The molecule has 3 heterocycles. The maximum Gasteiger partial charge on any atom is 0.251 e. The molecule has 2 amide bonds. The third kappa shape index (κ3) is 3.85. The van der Waals surface area contributed by atoms with Crippen LogP contribution in [0.15, 0.2) is 48.0 Å². The number of hydrogen-bond acceptors (Lipinski definition) is 4. The molecular weight excluding hydrogens is 358 g/mol. The van der Waals surface area contributed by atoms with E-state index >= 15 is 0 Å². The first-order valence-corrected chi connectivity index (χ1v) is 10.1. The maximum atomic E-state index is 12.5. The molecule has 6 heteroatoms. The Morgan fingerprint density at radius 1 is 1.26 bits per heavy atom. The molecule has 1 saturated heterocycles. The molecule has 5 nitrogen and oxygen atoms in total. The number of thiophene rings is 1. The number of nitrogens with zero attached hydrogens (tertiary/aromatic N) is 2. The van der Waals surface area contributed by atoms with Crippen LogP contribution in [0.2, 0.25) is 0 Å². The number of pyridine rings is 1. The molecule has 4 rings (SSSR count). The summed E-state index contributed by atoms with van der Waals surface area (Å²) in [6, 6.07) is 11.8. The van der Waals surface area contributed by atoms with Gasteiger partial charge in [0.05, 0.1) is 5.69 Å². The lowest BCUT2D eigenvalue weighted by Crippen LogP contribution is -2.30. The van der Waals surface area contributed by atoms with Crippen LogP contribution in [0, 0.1) is 0 Å². The van der Waals surface area contributed by atoms with Crippen LogP contribution in [0.5, 0.6) is 0 Å². The lowest BCUT2D eigenvalue weighted by Gasteiger charge is -2.15. The lowest BCUT2D eigenvalue weighted by atomic mass is 10.1. The molecule has 1 fully saturated rings. The van der Waals surface area contributed by atoms with Gasteiger partial charge < -0.3 is 10.2 Å². The minimum absolute atomic E-state index is 0.106. The highest BCUT2D eigenvalue weighted by molar-refractivity contribution is 7.17. The van der Waals surface area contributed by atoms with Gasteiger partial charge in [-0.2, -0.15) is 0 Å². The van der Waals surface area contributed by atoms with Gasteiger partial charge in [0.15, 0.2) is 0 Å². The third-order valence-corrected chi connectivity index (χ3v) is 5.80. The summed E-state index contributed by atoms with van der Waals surface area (Å²) in [5.41, 5.74) is 2.47. The number of carbonyl (C=O) groups excluding carboxylic acids is 2. The molecule has 0 atom stereocenters. The van der Waals surface area contributed by atoms with Gasteiger partial charge in [-0.05, 0) is 31.0 Å². The SMILES string of the molecule is O=C(NCCCN1CCCC1=O)c1ccnc(-c2csc3ccccc23)c1.